The first-order valence-electron chi connectivity index (χ1n) is 8.59. The average molecular weight is 393 g/mol. The molecule has 4 heterocycles. The number of nitrogens with two attached hydrogens (primary N) is 1. The van der Waals surface area contributed by atoms with E-state index in [1.165, 1.54) is 10.8 Å². The number of nitrogens with zero attached hydrogens (tertiary/aromatic N) is 4. The maximum absolute atomic E-state index is 12.7. The van der Waals surface area contributed by atoms with Crippen LogP contribution in [0.2, 0.25) is 0 Å². The van der Waals surface area contributed by atoms with Crippen molar-refractivity contribution in [2.75, 3.05) is 12.3 Å². The molecule has 10 nitrogen and oxygen atoms in total. The summed E-state index contributed by atoms with van der Waals surface area (Å²) in [5, 5.41) is 14.3. The third kappa shape index (κ3) is 2.74. The van der Waals surface area contributed by atoms with Gasteiger partial charge in [0.2, 0.25) is 5.60 Å². The lowest BCUT2D eigenvalue weighted by atomic mass is 9.85. The van der Waals surface area contributed by atoms with Crippen molar-refractivity contribution < 1.29 is 22.9 Å². The molecule has 27 heavy (non-hydrogen) atoms. The van der Waals surface area contributed by atoms with Crippen molar-refractivity contribution in [3.63, 3.8) is 0 Å². The number of rotatable bonds is 3. The average Bonchev–Trinajstić information content (AvgIpc) is 3.16. The van der Waals surface area contributed by atoms with Crippen molar-refractivity contribution in [3.8, 4) is 6.07 Å². The van der Waals surface area contributed by atoms with Gasteiger partial charge in [0, 0.05) is 5.92 Å². The molecular weight excluding hydrogens is 373 g/mol. The summed E-state index contributed by atoms with van der Waals surface area (Å²) in [6.07, 6.45) is -0.219. The highest BCUT2D eigenvalue weighted by molar-refractivity contribution is 7.48. The van der Waals surface area contributed by atoms with Crippen molar-refractivity contribution in [1.29, 1.82) is 5.26 Å². The molecular formula is C16H20N5O5P. The number of fused-ring (bicyclic) bond motifs is 2. The maximum atomic E-state index is 12.7. The van der Waals surface area contributed by atoms with Gasteiger partial charge in [-0.2, -0.15) is 10.4 Å². The van der Waals surface area contributed by atoms with Crippen LogP contribution in [0, 0.1) is 17.2 Å². The lowest BCUT2D eigenvalue weighted by molar-refractivity contribution is -0.0790. The Labute approximate surface area is 155 Å². The van der Waals surface area contributed by atoms with Gasteiger partial charge in [-0.05, 0) is 26.0 Å². The molecule has 0 bridgehead atoms. The second-order valence-corrected chi connectivity index (χ2v) is 8.49. The van der Waals surface area contributed by atoms with Gasteiger partial charge >= 0.3 is 7.82 Å². The van der Waals surface area contributed by atoms with Crippen LogP contribution in [0.1, 0.15) is 26.5 Å². The lowest BCUT2D eigenvalue weighted by Gasteiger charge is -2.32. The second-order valence-electron chi connectivity index (χ2n) is 6.92. The SMILES string of the molecule is CC(C)OP1(=O)OCC2OC(C#N)(c3ccc4c(N)ncnn34)C(C)C2O1. The number of hydrogen-bond acceptors (Lipinski definition) is 9. The second kappa shape index (κ2) is 6.26. The molecule has 11 heteroatoms. The van der Waals surface area contributed by atoms with E-state index in [1.54, 1.807) is 26.0 Å². The molecule has 2 aromatic rings. The van der Waals surface area contributed by atoms with Crippen molar-refractivity contribution >= 4 is 19.2 Å². The largest absolute Gasteiger partial charge is 0.475 e. The topological polar surface area (TPSA) is 134 Å². The molecule has 5 unspecified atom stereocenters. The molecule has 4 rings (SSSR count). The highest BCUT2D eigenvalue weighted by Crippen LogP contribution is 2.60. The predicted molar refractivity (Wildman–Crippen MR) is 93.4 cm³/mol. The quantitative estimate of drug-likeness (QED) is 0.777. The summed E-state index contributed by atoms with van der Waals surface area (Å²) >= 11 is 0. The van der Waals surface area contributed by atoms with Crippen LogP contribution >= 0.6 is 7.82 Å². The normalized spacial score (nSPS) is 36.0. The summed E-state index contributed by atoms with van der Waals surface area (Å²) in [7, 11) is -3.72. The zero-order valence-corrected chi connectivity index (χ0v) is 16.0. The van der Waals surface area contributed by atoms with Crippen LogP contribution < -0.4 is 5.73 Å². The summed E-state index contributed by atoms with van der Waals surface area (Å²) in [6.45, 7) is 5.29. The minimum absolute atomic E-state index is 0.00284. The van der Waals surface area contributed by atoms with E-state index in [2.05, 4.69) is 16.2 Å². The number of anilines is 1. The standard InChI is InChI=1S/C16H20N5O5P/c1-9(2)25-27(22)23-6-12-14(26-27)10(3)16(7-17,24-12)13-5-4-11-15(18)19-8-20-21(11)13/h4-5,8-10,12,14H,6H2,1-3H3,(H2,18,19,20). The van der Waals surface area contributed by atoms with E-state index in [1.807, 2.05) is 6.92 Å². The van der Waals surface area contributed by atoms with Crippen LogP contribution in [-0.2, 0) is 28.5 Å². The van der Waals surface area contributed by atoms with E-state index in [0.29, 0.717) is 17.0 Å². The Morgan fingerprint density at radius 1 is 1.52 bits per heavy atom. The van der Waals surface area contributed by atoms with Crippen LogP contribution in [-0.4, -0.2) is 39.5 Å². The summed E-state index contributed by atoms with van der Waals surface area (Å²) in [5.74, 6) is -0.170. The van der Waals surface area contributed by atoms with E-state index in [-0.39, 0.29) is 12.7 Å². The van der Waals surface area contributed by atoms with Gasteiger partial charge in [0.1, 0.15) is 30.1 Å². The highest BCUT2D eigenvalue weighted by Gasteiger charge is 2.60. The Morgan fingerprint density at radius 3 is 3.00 bits per heavy atom. The number of nitrogen functional groups attached to an aromatic ring is 1. The van der Waals surface area contributed by atoms with Crippen molar-refractivity contribution in [3.05, 3.63) is 24.2 Å². The van der Waals surface area contributed by atoms with Crippen molar-refractivity contribution in [2.45, 2.75) is 44.7 Å². The van der Waals surface area contributed by atoms with Crippen molar-refractivity contribution in [1.82, 2.24) is 14.6 Å². The molecule has 5 atom stereocenters. The molecule has 144 valence electrons. The lowest BCUT2D eigenvalue weighted by Crippen LogP contribution is -2.37. The molecule has 2 aliphatic rings. The molecule has 0 saturated carbocycles. The van der Waals surface area contributed by atoms with Crippen LogP contribution in [0.4, 0.5) is 5.82 Å². The molecule has 0 aromatic carbocycles. The Balaban J connectivity index is 1.74. The zero-order chi connectivity index (χ0) is 19.4. The number of aromatic nitrogens is 3. The van der Waals surface area contributed by atoms with E-state index in [0.717, 1.165) is 0 Å². The number of nitriles is 1. The first-order valence-corrected chi connectivity index (χ1v) is 10.0. The van der Waals surface area contributed by atoms with Crippen LogP contribution in [0.15, 0.2) is 18.5 Å². The summed E-state index contributed by atoms with van der Waals surface area (Å²) < 4.78 is 36.7. The van der Waals surface area contributed by atoms with E-state index >= 15 is 0 Å². The molecule has 2 aliphatic heterocycles. The van der Waals surface area contributed by atoms with Gasteiger partial charge in [0.25, 0.3) is 0 Å². The van der Waals surface area contributed by atoms with Crippen LogP contribution in [0.3, 0.4) is 0 Å². The first-order chi connectivity index (χ1) is 12.8. The van der Waals surface area contributed by atoms with Gasteiger partial charge in [-0.3, -0.25) is 13.6 Å². The van der Waals surface area contributed by atoms with Crippen LogP contribution in [0.5, 0.6) is 0 Å². The minimum Gasteiger partial charge on any atom is -0.382 e. The molecule has 2 saturated heterocycles. The van der Waals surface area contributed by atoms with Crippen molar-refractivity contribution in [2.24, 2.45) is 5.92 Å². The monoisotopic (exact) mass is 393 g/mol. The Kier molecular flexibility index (Phi) is 4.25. The molecule has 0 aliphatic carbocycles. The number of phosphoric ester groups is 1. The third-order valence-corrected chi connectivity index (χ3v) is 6.50. The number of hydrogen-bond donors (Lipinski definition) is 1. The fraction of sp³-hybridized carbons (Fsp3) is 0.562. The van der Waals surface area contributed by atoms with E-state index in [9.17, 15) is 9.83 Å². The molecule has 0 spiro atoms. The minimum atomic E-state index is -3.72. The Hall–Kier alpha value is -2.02. The smallest absolute Gasteiger partial charge is 0.382 e. The number of phosphoric acid groups is 1. The van der Waals surface area contributed by atoms with Gasteiger partial charge in [-0.25, -0.2) is 14.1 Å². The molecule has 2 aromatic heterocycles. The van der Waals surface area contributed by atoms with Gasteiger partial charge in [-0.1, -0.05) is 6.92 Å². The predicted octanol–water partition coefficient (Wildman–Crippen LogP) is 2.01. The van der Waals surface area contributed by atoms with Crippen LogP contribution in [0.25, 0.3) is 5.52 Å². The van der Waals surface area contributed by atoms with Gasteiger partial charge < -0.3 is 10.5 Å². The first kappa shape index (κ1) is 18.3. The fourth-order valence-electron chi connectivity index (χ4n) is 3.63. The molecule has 2 fully saturated rings. The summed E-state index contributed by atoms with van der Waals surface area (Å²) in [4.78, 5) is 3.96. The van der Waals surface area contributed by atoms with Gasteiger partial charge in [0.05, 0.1) is 18.4 Å². The zero-order valence-electron chi connectivity index (χ0n) is 15.1. The Bertz CT molecular complexity index is 972. The van der Waals surface area contributed by atoms with Gasteiger partial charge in [-0.15, -0.1) is 0 Å². The third-order valence-electron chi connectivity index (χ3n) is 4.85. The summed E-state index contributed by atoms with van der Waals surface area (Å²) in [6, 6.07) is 5.71. The molecule has 2 N–H and O–H groups in total. The van der Waals surface area contributed by atoms with Gasteiger partial charge in [0.15, 0.2) is 5.82 Å². The summed E-state index contributed by atoms with van der Waals surface area (Å²) in [5.41, 5.74) is 5.58. The Morgan fingerprint density at radius 2 is 2.30 bits per heavy atom. The van der Waals surface area contributed by atoms with E-state index < -0.39 is 31.5 Å². The molecule has 0 amide bonds. The fourth-order valence-corrected chi connectivity index (χ4v) is 5.26. The molecule has 0 radical (unpaired) electrons. The van der Waals surface area contributed by atoms with E-state index in [4.69, 9.17) is 24.0 Å². The number of ether oxygens (including phenoxy) is 1. The maximum Gasteiger partial charge on any atom is 0.475 e. The highest BCUT2D eigenvalue weighted by atomic mass is 31.2.